The molecule has 1 aliphatic rings. The van der Waals surface area contributed by atoms with Gasteiger partial charge in [0.25, 0.3) is 0 Å². The number of carbonyl (C=O) groups excluding carboxylic acids is 1. The second-order valence-electron chi connectivity index (χ2n) is 2.75. The molecule has 1 saturated heterocycles. The van der Waals surface area contributed by atoms with Crippen LogP contribution in [0.5, 0.6) is 0 Å². The molecular formula is C5H10N2O5S. The average Bonchev–Trinajstić information content (AvgIpc) is 2.15. The lowest BCUT2D eigenvalue weighted by atomic mass is 10.6. The van der Waals surface area contributed by atoms with Gasteiger partial charge in [-0.1, -0.05) is 0 Å². The molecule has 0 aromatic rings. The Kier molecular flexibility index (Phi) is 2.46. The van der Waals surface area contributed by atoms with E-state index in [1.165, 1.54) is 19.0 Å². The van der Waals surface area contributed by atoms with Crippen LogP contribution in [-0.2, 0) is 14.6 Å². The van der Waals surface area contributed by atoms with Crippen molar-refractivity contribution in [1.82, 2.24) is 9.80 Å². The summed E-state index contributed by atoms with van der Waals surface area (Å²) in [4.78, 5) is 13.5. The first-order chi connectivity index (χ1) is 5.81. The maximum atomic E-state index is 11.1. The summed E-state index contributed by atoms with van der Waals surface area (Å²) in [5.41, 5.74) is 0. The molecule has 0 radical (unpaired) electrons. The van der Waals surface area contributed by atoms with Crippen LogP contribution in [0.15, 0.2) is 0 Å². The molecule has 1 fully saturated rings. The maximum absolute atomic E-state index is 11.1. The van der Waals surface area contributed by atoms with Crippen LogP contribution in [0, 0.1) is 0 Å². The summed E-state index contributed by atoms with van der Waals surface area (Å²) in [6.07, 6.45) is -0.951. The molecule has 8 heteroatoms. The molecule has 2 amide bonds. The van der Waals surface area contributed by atoms with Crippen LogP contribution in [-0.4, -0.2) is 55.7 Å². The maximum Gasteiger partial charge on any atom is 0.399 e. The van der Waals surface area contributed by atoms with Crippen molar-refractivity contribution >= 4 is 16.4 Å². The van der Waals surface area contributed by atoms with Gasteiger partial charge in [-0.25, -0.2) is 8.98 Å². The highest BCUT2D eigenvalue weighted by molar-refractivity contribution is 7.80. The zero-order valence-electron chi connectivity index (χ0n) is 7.17. The molecule has 0 saturated carbocycles. The molecule has 1 N–H and O–H groups in total. The smallest absolute Gasteiger partial charge is 0.323 e. The third-order valence-electron chi connectivity index (χ3n) is 1.72. The lowest BCUT2D eigenvalue weighted by Crippen LogP contribution is -2.33. The van der Waals surface area contributed by atoms with Crippen molar-refractivity contribution in [3.63, 3.8) is 0 Å². The molecule has 1 heterocycles. The quantitative estimate of drug-likeness (QED) is 0.598. The van der Waals surface area contributed by atoms with E-state index in [2.05, 4.69) is 4.18 Å². The van der Waals surface area contributed by atoms with Crippen molar-refractivity contribution in [2.24, 2.45) is 0 Å². The highest BCUT2D eigenvalue weighted by Crippen LogP contribution is 2.14. The molecule has 0 spiro atoms. The van der Waals surface area contributed by atoms with Crippen LogP contribution >= 0.6 is 0 Å². The van der Waals surface area contributed by atoms with Gasteiger partial charge in [-0.15, -0.1) is 0 Å². The summed E-state index contributed by atoms with van der Waals surface area (Å²) in [6.45, 7) is 0.106. The summed E-state index contributed by atoms with van der Waals surface area (Å²) >= 11 is 0. The van der Waals surface area contributed by atoms with Gasteiger partial charge in [-0.2, -0.15) is 8.42 Å². The van der Waals surface area contributed by atoms with Gasteiger partial charge in [0, 0.05) is 14.1 Å². The van der Waals surface area contributed by atoms with E-state index in [1.807, 2.05) is 0 Å². The van der Waals surface area contributed by atoms with E-state index in [0.717, 1.165) is 4.90 Å². The Hall–Kier alpha value is -0.860. The van der Waals surface area contributed by atoms with Gasteiger partial charge in [0.1, 0.15) is 0 Å². The number of likely N-dealkylation sites (N-methyl/N-ethyl adjacent to an activating group) is 2. The monoisotopic (exact) mass is 210 g/mol. The second-order valence-corrected chi connectivity index (χ2v) is 3.80. The van der Waals surface area contributed by atoms with Crippen LogP contribution in [0.2, 0.25) is 0 Å². The topological polar surface area (TPSA) is 87.2 Å². The van der Waals surface area contributed by atoms with Crippen molar-refractivity contribution in [1.29, 1.82) is 0 Å². The fourth-order valence-corrected chi connectivity index (χ4v) is 1.53. The first kappa shape index (κ1) is 10.2. The van der Waals surface area contributed by atoms with Crippen molar-refractivity contribution in [2.75, 3.05) is 20.6 Å². The third kappa shape index (κ3) is 2.29. The van der Waals surface area contributed by atoms with Crippen LogP contribution in [0.1, 0.15) is 0 Å². The van der Waals surface area contributed by atoms with Gasteiger partial charge < -0.3 is 4.90 Å². The summed E-state index contributed by atoms with van der Waals surface area (Å²) in [7, 11) is -1.61. The van der Waals surface area contributed by atoms with Crippen molar-refractivity contribution in [3.8, 4) is 0 Å². The number of hydrogen-bond acceptors (Lipinski definition) is 4. The van der Waals surface area contributed by atoms with E-state index in [9.17, 15) is 13.2 Å². The van der Waals surface area contributed by atoms with Gasteiger partial charge in [-0.3, -0.25) is 9.45 Å². The Morgan fingerprint density at radius 1 is 1.54 bits per heavy atom. The molecule has 76 valence electrons. The average molecular weight is 210 g/mol. The molecule has 1 unspecified atom stereocenters. The largest absolute Gasteiger partial charge is 0.399 e. The van der Waals surface area contributed by atoms with Crippen molar-refractivity contribution in [2.45, 2.75) is 6.23 Å². The van der Waals surface area contributed by atoms with Gasteiger partial charge >= 0.3 is 16.4 Å². The van der Waals surface area contributed by atoms with E-state index >= 15 is 0 Å². The van der Waals surface area contributed by atoms with Gasteiger partial charge in [0.15, 0.2) is 6.23 Å². The molecule has 0 aliphatic carbocycles. The summed E-state index contributed by atoms with van der Waals surface area (Å²) in [5.74, 6) is 0. The summed E-state index contributed by atoms with van der Waals surface area (Å²) in [5, 5.41) is 0. The Labute approximate surface area is 75.8 Å². The Bertz CT molecular complexity index is 313. The van der Waals surface area contributed by atoms with Crippen LogP contribution in [0.25, 0.3) is 0 Å². The van der Waals surface area contributed by atoms with Gasteiger partial charge in [-0.05, 0) is 0 Å². The minimum Gasteiger partial charge on any atom is -0.323 e. The lowest BCUT2D eigenvalue weighted by molar-refractivity contribution is 0.0954. The fourth-order valence-electron chi connectivity index (χ4n) is 1.06. The first-order valence-corrected chi connectivity index (χ1v) is 4.81. The zero-order chi connectivity index (χ0) is 10.2. The van der Waals surface area contributed by atoms with E-state index in [-0.39, 0.29) is 12.6 Å². The predicted octanol–water partition coefficient (Wildman–Crippen LogP) is -0.871. The summed E-state index contributed by atoms with van der Waals surface area (Å²) in [6, 6.07) is -0.353. The normalized spacial score (nSPS) is 24.2. The van der Waals surface area contributed by atoms with Gasteiger partial charge in [0.05, 0.1) is 6.54 Å². The van der Waals surface area contributed by atoms with E-state index in [0.29, 0.717) is 0 Å². The van der Waals surface area contributed by atoms with Crippen LogP contribution < -0.4 is 0 Å². The second kappa shape index (κ2) is 3.13. The fraction of sp³-hybridized carbons (Fsp3) is 0.800. The molecule has 0 bridgehead atoms. The van der Waals surface area contributed by atoms with Crippen LogP contribution in [0.3, 0.4) is 0 Å². The first-order valence-electron chi connectivity index (χ1n) is 3.45. The lowest BCUT2D eigenvalue weighted by Gasteiger charge is -2.15. The SMILES string of the molecule is CN1CC(OS(=O)(=O)O)N(C)C1=O. The highest BCUT2D eigenvalue weighted by Gasteiger charge is 2.35. The molecule has 1 aliphatic heterocycles. The molecule has 1 rings (SSSR count). The predicted molar refractivity (Wildman–Crippen MR) is 42.2 cm³/mol. The molecule has 7 nitrogen and oxygen atoms in total. The number of amides is 2. The summed E-state index contributed by atoms with van der Waals surface area (Å²) < 4.78 is 33.3. The van der Waals surface area contributed by atoms with Crippen LogP contribution in [0.4, 0.5) is 4.79 Å². The highest BCUT2D eigenvalue weighted by atomic mass is 32.3. The molecule has 1 atom stereocenters. The number of nitrogens with zero attached hydrogens (tertiary/aromatic N) is 2. The zero-order valence-corrected chi connectivity index (χ0v) is 7.98. The molecule has 0 aromatic heterocycles. The van der Waals surface area contributed by atoms with Crippen molar-refractivity contribution in [3.05, 3.63) is 0 Å². The number of hydrogen-bond donors (Lipinski definition) is 1. The number of urea groups is 1. The molecule has 0 aromatic carbocycles. The Morgan fingerprint density at radius 2 is 2.08 bits per heavy atom. The van der Waals surface area contributed by atoms with E-state index < -0.39 is 16.6 Å². The standard InChI is InChI=1S/C5H10N2O5S/c1-6-3-4(7(2)5(6)8)12-13(9,10)11/h4H,3H2,1-2H3,(H,9,10,11). The Balaban J connectivity index is 2.70. The Morgan fingerprint density at radius 3 is 2.38 bits per heavy atom. The molecular weight excluding hydrogens is 200 g/mol. The van der Waals surface area contributed by atoms with E-state index in [1.54, 1.807) is 0 Å². The molecule has 13 heavy (non-hydrogen) atoms. The van der Waals surface area contributed by atoms with Gasteiger partial charge in [0.2, 0.25) is 0 Å². The van der Waals surface area contributed by atoms with E-state index in [4.69, 9.17) is 4.55 Å². The third-order valence-corrected chi connectivity index (χ3v) is 2.19. The minimum atomic E-state index is -4.51. The number of rotatable bonds is 2. The minimum absolute atomic E-state index is 0.106. The number of carbonyl (C=O) groups is 1. The van der Waals surface area contributed by atoms with Crippen molar-refractivity contribution < 1.29 is 21.9 Å².